The van der Waals surface area contributed by atoms with Crippen molar-refractivity contribution in [3.05, 3.63) is 88.8 Å². The zero-order valence-corrected chi connectivity index (χ0v) is 20.7. The lowest BCUT2D eigenvalue weighted by molar-refractivity contribution is -0.646. The highest BCUT2D eigenvalue weighted by atomic mass is 19.2. The van der Waals surface area contributed by atoms with Crippen molar-refractivity contribution in [3.8, 4) is 16.9 Å². The molecule has 3 heterocycles. The Balaban J connectivity index is 1.75. The maximum Gasteiger partial charge on any atom is 0.291 e. The number of aryl methyl sites for hydroxylation is 2. The van der Waals surface area contributed by atoms with Crippen LogP contribution < -0.4 is 19.6 Å². The largest absolute Gasteiger partial charge is 0.497 e. The standard InChI is InChI=1S/C30H28F2N3O/c1-33(2)21-11-7-19(8-12-21)18-26-27(20-9-13-22(36-3)14-10-20)23-6-4-5-17-34-29-25(35(26)30(23)34)16-15-24(31)28(29)32/h7-16,18H,4-6,17H2,1-3H3/q+1. The lowest BCUT2D eigenvalue weighted by atomic mass is 9.99. The van der Waals surface area contributed by atoms with Crippen LogP contribution in [0.1, 0.15) is 24.0 Å². The average Bonchev–Trinajstić information content (AvgIpc) is 3.27. The van der Waals surface area contributed by atoms with E-state index in [-0.39, 0.29) is 0 Å². The minimum atomic E-state index is -0.814. The molecule has 4 nitrogen and oxygen atoms in total. The number of rotatable bonds is 4. The summed E-state index contributed by atoms with van der Waals surface area (Å²) in [5.74, 6) is -0.799. The number of hydrogen-bond acceptors (Lipinski definition) is 2. The van der Waals surface area contributed by atoms with Gasteiger partial charge >= 0.3 is 0 Å². The van der Waals surface area contributed by atoms with Crippen molar-refractivity contribution in [3.63, 3.8) is 0 Å². The second-order valence-electron chi connectivity index (χ2n) is 9.59. The van der Waals surface area contributed by atoms with Crippen LogP contribution in [0.3, 0.4) is 0 Å². The Morgan fingerprint density at radius 2 is 1.69 bits per heavy atom. The minimum absolute atomic E-state index is 0.340. The number of halogens is 2. The SMILES string of the molecule is COc1ccc(-c2c3c4n(c2=Cc2ccc(N(C)C)cc2)c2ccc(F)c(F)c2[n+]4CCCC3)cc1. The molecule has 0 saturated carbocycles. The van der Waals surface area contributed by atoms with Crippen LogP contribution in [0.2, 0.25) is 0 Å². The number of imidazole rings is 1. The van der Waals surface area contributed by atoms with E-state index in [1.165, 1.54) is 11.6 Å². The highest BCUT2D eigenvalue weighted by Gasteiger charge is 2.33. The molecule has 182 valence electrons. The number of fused-ring (bicyclic) bond motifs is 3. The maximum atomic E-state index is 15.2. The molecule has 5 aromatic rings. The number of aromatic nitrogens is 2. The van der Waals surface area contributed by atoms with E-state index in [2.05, 4.69) is 51.8 Å². The fourth-order valence-corrected chi connectivity index (χ4v) is 5.50. The first-order chi connectivity index (χ1) is 17.5. The summed E-state index contributed by atoms with van der Waals surface area (Å²) in [6.45, 7) is 0.656. The zero-order chi connectivity index (χ0) is 25.0. The lowest BCUT2D eigenvalue weighted by Gasteiger charge is -2.11. The normalized spacial score (nSPS) is 14.0. The van der Waals surface area contributed by atoms with Gasteiger partial charge in [0, 0.05) is 25.3 Å². The molecule has 0 fully saturated rings. The molecule has 2 aromatic heterocycles. The molecule has 0 amide bonds. The molecule has 0 radical (unpaired) electrons. The Kier molecular flexibility index (Phi) is 5.40. The fraction of sp³-hybridized carbons (Fsp3) is 0.233. The van der Waals surface area contributed by atoms with Crippen molar-refractivity contribution in [2.45, 2.75) is 25.8 Å². The van der Waals surface area contributed by atoms with E-state index in [4.69, 9.17) is 4.74 Å². The molecule has 0 unspecified atom stereocenters. The first kappa shape index (κ1) is 22.5. The van der Waals surface area contributed by atoms with Gasteiger partial charge in [0.25, 0.3) is 5.65 Å². The molecule has 6 heteroatoms. The summed E-state index contributed by atoms with van der Waals surface area (Å²) in [4.78, 5) is 2.07. The van der Waals surface area contributed by atoms with Crippen LogP contribution in [0.4, 0.5) is 14.5 Å². The van der Waals surface area contributed by atoms with Gasteiger partial charge in [0.1, 0.15) is 11.1 Å². The van der Waals surface area contributed by atoms with E-state index in [1.54, 1.807) is 13.2 Å². The topological polar surface area (TPSA) is 20.8 Å². The van der Waals surface area contributed by atoms with Gasteiger partial charge in [0.2, 0.25) is 11.3 Å². The molecule has 0 atom stereocenters. The summed E-state index contributed by atoms with van der Waals surface area (Å²) >= 11 is 0. The van der Waals surface area contributed by atoms with Crippen molar-refractivity contribution in [2.75, 3.05) is 26.1 Å². The van der Waals surface area contributed by atoms with Gasteiger partial charge in [-0.1, -0.05) is 24.3 Å². The van der Waals surface area contributed by atoms with Crippen LogP contribution in [-0.2, 0) is 13.0 Å². The molecule has 36 heavy (non-hydrogen) atoms. The van der Waals surface area contributed by atoms with Gasteiger partial charge in [-0.25, -0.2) is 8.96 Å². The third-order valence-electron chi connectivity index (χ3n) is 7.24. The van der Waals surface area contributed by atoms with Gasteiger partial charge in [-0.05, 0) is 72.9 Å². The van der Waals surface area contributed by atoms with Crippen molar-refractivity contribution >= 4 is 28.4 Å². The number of ether oxygens (including phenoxy) is 1. The Bertz CT molecular complexity index is 1650. The smallest absolute Gasteiger partial charge is 0.291 e. The van der Waals surface area contributed by atoms with Crippen LogP contribution >= 0.6 is 0 Å². The highest BCUT2D eigenvalue weighted by Crippen LogP contribution is 2.32. The third kappa shape index (κ3) is 3.43. The number of benzene rings is 3. The van der Waals surface area contributed by atoms with E-state index in [0.717, 1.165) is 58.4 Å². The molecular weight excluding hydrogens is 456 g/mol. The van der Waals surface area contributed by atoms with Crippen LogP contribution in [0.25, 0.3) is 33.9 Å². The van der Waals surface area contributed by atoms with Gasteiger partial charge < -0.3 is 9.64 Å². The molecule has 0 aliphatic carbocycles. The van der Waals surface area contributed by atoms with Crippen molar-refractivity contribution in [1.29, 1.82) is 0 Å². The zero-order valence-electron chi connectivity index (χ0n) is 20.7. The Morgan fingerprint density at radius 1 is 0.944 bits per heavy atom. The fourth-order valence-electron chi connectivity index (χ4n) is 5.50. The monoisotopic (exact) mass is 484 g/mol. The third-order valence-corrected chi connectivity index (χ3v) is 7.24. The number of methoxy groups -OCH3 is 1. The van der Waals surface area contributed by atoms with E-state index in [0.29, 0.717) is 17.6 Å². The maximum absolute atomic E-state index is 15.2. The predicted octanol–water partition coefficient (Wildman–Crippen LogP) is 5.28. The molecule has 0 saturated heterocycles. The molecule has 1 aliphatic heterocycles. The van der Waals surface area contributed by atoms with Crippen molar-refractivity contribution in [1.82, 2.24) is 4.40 Å². The minimum Gasteiger partial charge on any atom is -0.497 e. The summed E-state index contributed by atoms with van der Waals surface area (Å²) in [6, 6.07) is 19.4. The van der Waals surface area contributed by atoms with Crippen molar-refractivity contribution in [2.24, 2.45) is 0 Å². The highest BCUT2D eigenvalue weighted by molar-refractivity contribution is 5.84. The lowest BCUT2D eigenvalue weighted by Crippen LogP contribution is -2.33. The van der Waals surface area contributed by atoms with Gasteiger partial charge in [-0.2, -0.15) is 8.79 Å². The quantitative estimate of drug-likeness (QED) is 0.324. The number of anilines is 1. The summed E-state index contributed by atoms with van der Waals surface area (Å²) in [5.41, 5.74) is 7.52. The Labute approximate surface area is 208 Å². The van der Waals surface area contributed by atoms with E-state index in [1.807, 2.05) is 30.8 Å². The first-order valence-electron chi connectivity index (χ1n) is 12.3. The van der Waals surface area contributed by atoms with Crippen LogP contribution in [0, 0.1) is 11.6 Å². The molecule has 0 spiro atoms. The Morgan fingerprint density at radius 3 is 2.39 bits per heavy atom. The molecular formula is C30H28F2N3O+. The van der Waals surface area contributed by atoms with Crippen LogP contribution in [0.15, 0.2) is 60.7 Å². The van der Waals surface area contributed by atoms with E-state index >= 15 is 4.39 Å². The molecule has 3 aromatic carbocycles. The second kappa shape index (κ2) is 8.63. The predicted molar refractivity (Wildman–Crippen MR) is 139 cm³/mol. The van der Waals surface area contributed by atoms with Gasteiger partial charge in [-0.15, -0.1) is 0 Å². The molecule has 0 N–H and O–H groups in total. The number of nitrogens with zero attached hydrogens (tertiary/aromatic N) is 3. The van der Waals surface area contributed by atoms with Crippen LogP contribution in [-0.4, -0.2) is 25.6 Å². The number of hydrogen-bond donors (Lipinski definition) is 0. The first-order valence-corrected chi connectivity index (χ1v) is 12.3. The average molecular weight is 485 g/mol. The molecule has 1 aliphatic rings. The van der Waals surface area contributed by atoms with E-state index in [9.17, 15) is 4.39 Å². The summed E-state index contributed by atoms with van der Waals surface area (Å²) in [7, 11) is 5.70. The summed E-state index contributed by atoms with van der Waals surface area (Å²) in [6.07, 6.45) is 4.93. The Hall–Kier alpha value is -3.93. The van der Waals surface area contributed by atoms with Gasteiger partial charge in [0.05, 0.1) is 19.2 Å². The molecule has 0 bridgehead atoms. The summed E-state index contributed by atoms with van der Waals surface area (Å²) < 4.78 is 39.1. The second-order valence-corrected chi connectivity index (χ2v) is 9.59. The van der Waals surface area contributed by atoms with Gasteiger partial charge in [0.15, 0.2) is 11.3 Å². The summed E-state index contributed by atoms with van der Waals surface area (Å²) in [5, 5.41) is 0.972. The molecule has 6 rings (SSSR count). The van der Waals surface area contributed by atoms with Crippen LogP contribution in [0.5, 0.6) is 5.75 Å². The van der Waals surface area contributed by atoms with Gasteiger partial charge in [-0.3, -0.25) is 0 Å². The van der Waals surface area contributed by atoms with Crippen molar-refractivity contribution < 1.29 is 18.1 Å². The van der Waals surface area contributed by atoms with E-state index < -0.39 is 11.6 Å².